The van der Waals surface area contributed by atoms with Crippen LogP contribution < -0.4 is 10.5 Å². The highest BCUT2D eigenvalue weighted by molar-refractivity contribution is 5.69. The van der Waals surface area contributed by atoms with Crippen LogP contribution in [-0.4, -0.2) is 19.7 Å². The molecule has 0 aliphatic rings. The molecule has 0 aliphatic heterocycles. The van der Waals surface area contributed by atoms with Crippen LogP contribution in [0.1, 0.15) is 6.42 Å². The molecule has 76 valence electrons. The zero-order valence-corrected chi connectivity index (χ0v) is 8.03. The molecule has 0 saturated heterocycles. The van der Waals surface area contributed by atoms with Gasteiger partial charge in [0.25, 0.3) is 0 Å². The highest BCUT2D eigenvalue weighted by Gasteiger charge is 2.00. The van der Waals surface area contributed by atoms with Gasteiger partial charge >= 0.3 is 5.97 Å². The molecule has 0 radical (unpaired) electrons. The predicted molar refractivity (Wildman–Crippen MR) is 53.0 cm³/mol. The summed E-state index contributed by atoms with van der Waals surface area (Å²) in [4.78, 5) is 10.7. The van der Waals surface area contributed by atoms with E-state index in [9.17, 15) is 4.79 Å². The summed E-state index contributed by atoms with van der Waals surface area (Å²) in [5, 5.41) is 0. The fourth-order valence-corrected chi connectivity index (χ4v) is 0.959. The lowest BCUT2D eigenvalue weighted by Gasteiger charge is -2.05. The van der Waals surface area contributed by atoms with E-state index in [2.05, 4.69) is 4.74 Å². The molecule has 0 atom stereocenters. The minimum atomic E-state index is -0.283. The lowest BCUT2D eigenvalue weighted by Crippen LogP contribution is -2.07. The number of ether oxygens (including phenoxy) is 2. The van der Waals surface area contributed by atoms with Crippen molar-refractivity contribution >= 4 is 11.7 Å². The Balaban J connectivity index is 2.35. The molecule has 4 nitrogen and oxygen atoms in total. The predicted octanol–water partition coefficient (Wildman–Crippen LogP) is 1.21. The van der Waals surface area contributed by atoms with E-state index < -0.39 is 0 Å². The number of rotatable bonds is 4. The van der Waals surface area contributed by atoms with Crippen molar-refractivity contribution in [3.63, 3.8) is 0 Å². The van der Waals surface area contributed by atoms with Crippen LogP contribution in [-0.2, 0) is 9.53 Å². The van der Waals surface area contributed by atoms with Crippen LogP contribution in [0, 0.1) is 0 Å². The van der Waals surface area contributed by atoms with Gasteiger partial charge in [-0.15, -0.1) is 0 Å². The van der Waals surface area contributed by atoms with Crippen molar-refractivity contribution in [3.8, 4) is 5.75 Å². The number of methoxy groups -OCH3 is 1. The second kappa shape index (κ2) is 5.11. The van der Waals surface area contributed by atoms with Gasteiger partial charge in [-0.2, -0.15) is 0 Å². The summed E-state index contributed by atoms with van der Waals surface area (Å²) in [6.07, 6.45) is 0.241. The van der Waals surface area contributed by atoms with E-state index in [1.165, 1.54) is 7.11 Å². The Bertz CT molecular complexity index is 312. The number of esters is 1. The van der Waals surface area contributed by atoms with Gasteiger partial charge in [-0.25, -0.2) is 0 Å². The van der Waals surface area contributed by atoms with Gasteiger partial charge in [-0.05, 0) is 12.1 Å². The Morgan fingerprint density at radius 1 is 1.50 bits per heavy atom. The van der Waals surface area contributed by atoms with Crippen LogP contribution in [0.4, 0.5) is 5.69 Å². The van der Waals surface area contributed by atoms with Crippen molar-refractivity contribution in [2.45, 2.75) is 6.42 Å². The molecule has 0 saturated carbocycles. The molecule has 0 bridgehead atoms. The van der Waals surface area contributed by atoms with Gasteiger partial charge in [0.1, 0.15) is 5.75 Å². The van der Waals surface area contributed by atoms with Gasteiger partial charge in [0.15, 0.2) is 0 Å². The average Bonchev–Trinajstić information content (AvgIpc) is 2.17. The molecule has 4 heteroatoms. The molecule has 1 aromatic rings. The van der Waals surface area contributed by atoms with Crippen LogP contribution in [0.5, 0.6) is 5.75 Å². The van der Waals surface area contributed by atoms with E-state index in [1.54, 1.807) is 24.3 Å². The summed E-state index contributed by atoms with van der Waals surface area (Å²) in [6, 6.07) is 7.06. The number of carbonyl (C=O) groups excluding carboxylic acids is 1. The number of hydrogen-bond donors (Lipinski definition) is 1. The first-order chi connectivity index (χ1) is 6.72. The minimum Gasteiger partial charge on any atom is -0.493 e. The topological polar surface area (TPSA) is 61.5 Å². The van der Waals surface area contributed by atoms with E-state index >= 15 is 0 Å². The first-order valence-electron chi connectivity index (χ1n) is 4.27. The Morgan fingerprint density at radius 2 is 2.29 bits per heavy atom. The van der Waals surface area contributed by atoms with Crippen LogP contribution in [0.3, 0.4) is 0 Å². The van der Waals surface area contributed by atoms with Gasteiger partial charge in [0, 0.05) is 11.8 Å². The van der Waals surface area contributed by atoms with Crippen molar-refractivity contribution in [2.75, 3.05) is 19.5 Å². The average molecular weight is 195 g/mol. The maximum Gasteiger partial charge on any atom is 0.308 e. The number of anilines is 1. The zero-order chi connectivity index (χ0) is 10.4. The number of benzene rings is 1. The molecule has 0 unspecified atom stereocenters. The van der Waals surface area contributed by atoms with Crippen molar-refractivity contribution in [1.82, 2.24) is 0 Å². The largest absolute Gasteiger partial charge is 0.493 e. The number of hydrogen-bond acceptors (Lipinski definition) is 4. The number of carbonyl (C=O) groups is 1. The van der Waals surface area contributed by atoms with Gasteiger partial charge in [-0.1, -0.05) is 6.07 Å². The van der Waals surface area contributed by atoms with E-state index in [0.29, 0.717) is 18.0 Å². The highest BCUT2D eigenvalue weighted by atomic mass is 16.5. The van der Waals surface area contributed by atoms with Crippen LogP contribution >= 0.6 is 0 Å². The molecule has 0 aromatic heterocycles. The summed E-state index contributed by atoms with van der Waals surface area (Å²) >= 11 is 0. The SMILES string of the molecule is COC(=O)CCOc1cccc(N)c1. The number of nitrogens with two attached hydrogens (primary N) is 1. The highest BCUT2D eigenvalue weighted by Crippen LogP contribution is 2.14. The monoisotopic (exact) mass is 195 g/mol. The Labute approximate surface area is 82.6 Å². The van der Waals surface area contributed by atoms with Crippen molar-refractivity contribution in [2.24, 2.45) is 0 Å². The van der Waals surface area contributed by atoms with Gasteiger partial charge in [-0.3, -0.25) is 4.79 Å². The van der Waals surface area contributed by atoms with E-state index in [4.69, 9.17) is 10.5 Å². The summed E-state index contributed by atoms with van der Waals surface area (Å²) in [5.41, 5.74) is 6.18. The summed E-state index contributed by atoms with van der Waals surface area (Å²) in [5.74, 6) is 0.378. The van der Waals surface area contributed by atoms with Crippen LogP contribution in [0.2, 0.25) is 0 Å². The molecule has 0 heterocycles. The lowest BCUT2D eigenvalue weighted by molar-refractivity contribution is -0.141. The van der Waals surface area contributed by atoms with Crippen molar-refractivity contribution in [1.29, 1.82) is 0 Å². The molecular weight excluding hydrogens is 182 g/mol. The summed E-state index contributed by atoms with van der Waals surface area (Å²) < 4.78 is 9.75. The molecule has 0 amide bonds. The Hall–Kier alpha value is -1.71. The summed E-state index contributed by atoms with van der Waals surface area (Å²) in [6.45, 7) is 0.302. The molecule has 2 N–H and O–H groups in total. The van der Waals surface area contributed by atoms with Gasteiger partial charge in [0.05, 0.1) is 20.1 Å². The molecular formula is C10H13NO3. The van der Waals surface area contributed by atoms with Gasteiger partial charge < -0.3 is 15.2 Å². The fourth-order valence-electron chi connectivity index (χ4n) is 0.959. The quantitative estimate of drug-likeness (QED) is 0.579. The maximum absolute atomic E-state index is 10.7. The second-order valence-electron chi connectivity index (χ2n) is 2.75. The Kier molecular flexibility index (Phi) is 3.79. The van der Waals surface area contributed by atoms with Crippen LogP contribution in [0.15, 0.2) is 24.3 Å². The molecule has 14 heavy (non-hydrogen) atoms. The minimum absolute atomic E-state index is 0.241. The third kappa shape index (κ3) is 3.35. The molecule has 1 aromatic carbocycles. The molecule has 0 spiro atoms. The Morgan fingerprint density at radius 3 is 2.93 bits per heavy atom. The third-order valence-electron chi connectivity index (χ3n) is 1.66. The van der Waals surface area contributed by atoms with Crippen LogP contribution in [0.25, 0.3) is 0 Å². The van der Waals surface area contributed by atoms with E-state index in [1.807, 2.05) is 0 Å². The smallest absolute Gasteiger partial charge is 0.308 e. The molecule has 0 aliphatic carbocycles. The van der Waals surface area contributed by atoms with Crippen molar-refractivity contribution < 1.29 is 14.3 Å². The standard InChI is InChI=1S/C10H13NO3/c1-13-10(12)5-6-14-9-4-2-3-8(11)7-9/h2-4,7H,5-6,11H2,1H3. The first-order valence-corrected chi connectivity index (χ1v) is 4.27. The van der Waals surface area contributed by atoms with E-state index in [-0.39, 0.29) is 12.4 Å². The van der Waals surface area contributed by atoms with Gasteiger partial charge in [0.2, 0.25) is 0 Å². The first kappa shape index (κ1) is 10.4. The normalized spacial score (nSPS) is 9.50. The molecule has 1 rings (SSSR count). The maximum atomic E-state index is 10.7. The lowest BCUT2D eigenvalue weighted by atomic mass is 10.3. The third-order valence-corrected chi connectivity index (χ3v) is 1.66. The number of nitrogen functional groups attached to an aromatic ring is 1. The van der Waals surface area contributed by atoms with Crippen molar-refractivity contribution in [3.05, 3.63) is 24.3 Å². The fraction of sp³-hybridized carbons (Fsp3) is 0.300. The zero-order valence-electron chi connectivity index (χ0n) is 8.03. The molecule has 0 fully saturated rings. The second-order valence-corrected chi connectivity index (χ2v) is 2.75. The summed E-state index contributed by atoms with van der Waals surface area (Å²) in [7, 11) is 1.35. The van der Waals surface area contributed by atoms with E-state index in [0.717, 1.165) is 0 Å².